The first-order valence-electron chi connectivity index (χ1n) is 9.13. The Labute approximate surface area is 158 Å². The minimum absolute atomic E-state index is 0.0479. The summed E-state index contributed by atoms with van der Waals surface area (Å²) in [5.74, 6) is -0.474. The highest BCUT2D eigenvalue weighted by molar-refractivity contribution is 5.97. The third kappa shape index (κ3) is 4.02. The van der Waals surface area contributed by atoms with Crippen LogP contribution >= 0.6 is 0 Å². The van der Waals surface area contributed by atoms with Crippen LogP contribution in [-0.2, 0) is 9.59 Å². The van der Waals surface area contributed by atoms with E-state index in [1.165, 1.54) is 4.90 Å². The van der Waals surface area contributed by atoms with Gasteiger partial charge in [-0.15, -0.1) is 0 Å². The molecule has 2 aromatic heterocycles. The maximum atomic E-state index is 12.4. The van der Waals surface area contributed by atoms with Gasteiger partial charge in [0.15, 0.2) is 0 Å². The van der Waals surface area contributed by atoms with Gasteiger partial charge in [0.25, 0.3) is 0 Å². The number of hydrogen-bond acceptors (Lipinski definition) is 3. The smallest absolute Gasteiger partial charge is 0.346 e. The number of amides is 2. The summed E-state index contributed by atoms with van der Waals surface area (Å²) in [6.07, 6.45) is -0.220. The molecule has 0 unspecified atom stereocenters. The number of alkyl halides is 3. The number of anilines is 1. The summed E-state index contributed by atoms with van der Waals surface area (Å²) in [5, 5.41) is 3.70. The van der Waals surface area contributed by atoms with Crippen molar-refractivity contribution >= 4 is 34.2 Å². The molecule has 2 amide bonds. The van der Waals surface area contributed by atoms with Crippen LogP contribution in [0.3, 0.4) is 0 Å². The molecule has 0 bridgehead atoms. The maximum absolute atomic E-state index is 12.4. The number of H-pyrrole nitrogens is 1. The first-order chi connectivity index (χ1) is 13.3. The van der Waals surface area contributed by atoms with Crippen LogP contribution in [0.15, 0.2) is 24.4 Å². The molecule has 148 valence electrons. The Morgan fingerprint density at radius 2 is 2.11 bits per heavy atom. The molecule has 0 atom stereocenters. The Kier molecular flexibility index (Phi) is 4.60. The lowest BCUT2D eigenvalue weighted by molar-refractivity contribution is -0.161. The van der Waals surface area contributed by atoms with Gasteiger partial charge in [0.1, 0.15) is 17.9 Å². The predicted octanol–water partition coefficient (Wildman–Crippen LogP) is 3.48. The van der Waals surface area contributed by atoms with Crippen molar-refractivity contribution in [3.63, 3.8) is 0 Å². The summed E-state index contributed by atoms with van der Waals surface area (Å²) in [6.45, 7) is 0.348. The highest BCUT2D eigenvalue weighted by Crippen LogP contribution is 2.33. The van der Waals surface area contributed by atoms with Gasteiger partial charge in [-0.05, 0) is 42.5 Å². The molecule has 6 nitrogen and oxygen atoms in total. The van der Waals surface area contributed by atoms with Gasteiger partial charge in [-0.25, -0.2) is 4.98 Å². The molecule has 2 N–H and O–H groups in total. The minimum Gasteiger partial charge on any atom is -0.346 e. The molecule has 0 spiro atoms. The lowest BCUT2D eigenvalue weighted by Crippen LogP contribution is -2.37. The van der Waals surface area contributed by atoms with Crippen LogP contribution in [-0.4, -0.2) is 45.9 Å². The summed E-state index contributed by atoms with van der Waals surface area (Å²) in [4.78, 5) is 32.5. The molecule has 1 saturated carbocycles. The molecule has 0 aromatic carbocycles. The normalized spacial score (nSPS) is 17.5. The van der Waals surface area contributed by atoms with Gasteiger partial charge in [-0.2, -0.15) is 13.2 Å². The van der Waals surface area contributed by atoms with Crippen LogP contribution in [0.5, 0.6) is 0 Å². The van der Waals surface area contributed by atoms with Gasteiger partial charge in [-0.1, -0.05) is 6.08 Å². The van der Waals surface area contributed by atoms with Crippen molar-refractivity contribution in [1.29, 1.82) is 0 Å². The lowest BCUT2D eigenvalue weighted by Gasteiger charge is -2.27. The number of fused-ring (bicyclic) bond motifs is 1. The third-order valence-corrected chi connectivity index (χ3v) is 4.99. The van der Waals surface area contributed by atoms with E-state index in [4.69, 9.17) is 0 Å². The highest BCUT2D eigenvalue weighted by atomic mass is 19.4. The number of rotatable bonds is 4. The van der Waals surface area contributed by atoms with Crippen LogP contribution in [0.25, 0.3) is 16.6 Å². The van der Waals surface area contributed by atoms with Gasteiger partial charge < -0.3 is 15.2 Å². The van der Waals surface area contributed by atoms with E-state index >= 15 is 0 Å². The molecule has 3 heterocycles. The second-order valence-electron chi connectivity index (χ2n) is 7.17. The molecular weight excluding hydrogens is 373 g/mol. The van der Waals surface area contributed by atoms with Crippen LogP contribution in [0.2, 0.25) is 0 Å². The second kappa shape index (κ2) is 6.96. The number of aromatic amines is 1. The Balaban J connectivity index is 1.56. The molecule has 4 rings (SSSR count). The fourth-order valence-electron chi connectivity index (χ4n) is 3.36. The molecule has 1 aliphatic heterocycles. The molecule has 1 fully saturated rings. The fourth-order valence-corrected chi connectivity index (χ4v) is 3.36. The van der Waals surface area contributed by atoms with Crippen molar-refractivity contribution in [2.75, 3.05) is 18.4 Å². The van der Waals surface area contributed by atoms with Crippen LogP contribution < -0.4 is 5.32 Å². The number of pyridine rings is 1. The van der Waals surface area contributed by atoms with Gasteiger partial charge in [0.05, 0.1) is 0 Å². The van der Waals surface area contributed by atoms with Gasteiger partial charge in [0, 0.05) is 30.6 Å². The van der Waals surface area contributed by atoms with E-state index in [-0.39, 0.29) is 24.9 Å². The summed E-state index contributed by atoms with van der Waals surface area (Å²) >= 11 is 0. The SMILES string of the molecule is O=C(Nc1cc(C2=CCN(C(=O)CC(F)(F)F)CC2)c2cc[nH]c2n1)C1CC1. The number of carbonyl (C=O) groups is 2. The van der Waals surface area contributed by atoms with E-state index in [1.807, 2.05) is 6.07 Å². The maximum Gasteiger partial charge on any atom is 0.397 e. The highest BCUT2D eigenvalue weighted by Gasteiger charge is 2.34. The van der Waals surface area contributed by atoms with Crippen molar-refractivity contribution < 1.29 is 22.8 Å². The quantitative estimate of drug-likeness (QED) is 0.836. The molecule has 0 saturated heterocycles. The zero-order valence-corrected chi connectivity index (χ0v) is 15.0. The summed E-state index contributed by atoms with van der Waals surface area (Å²) in [5.41, 5.74) is 2.41. The Hall–Kier alpha value is -2.84. The monoisotopic (exact) mass is 392 g/mol. The molecule has 1 aliphatic carbocycles. The number of aromatic nitrogens is 2. The molecule has 2 aromatic rings. The van der Waals surface area contributed by atoms with Crippen LogP contribution in [0.1, 0.15) is 31.2 Å². The van der Waals surface area contributed by atoms with Gasteiger partial charge >= 0.3 is 6.18 Å². The standard InChI is InChI=1S/C19H19F3N4O2/c20-19(21,22)10-16(27)26-7-4-11(5-8-26)14-9-15(25-18(28)12-1-2-12)24-17-13(14)3-6-23-17/h3-4,6,9,12H,1-2,5,7-8,10H2,(H2,23,24,25,28). The minimum atomic E-state index is -4.50. The zero-order chi connectivity index (χ0) is 19.9. The van der Waals surface area contributed by atoms with Crippen LogP contribution in [0.4, 0.5) is 19.0 Å². The van der Waals surface area contributed by atoms with Crippen molar-refractivity contribution in [2.24, 2.45) is 5.92 Å². The largest absolute Gasteiger partial charge is 0.397 e. The number of hydrogen-bond donors (Lipinski definition) is 2. The van der Waals surface area contributed by atoms with E-state index in [0.29, 0.717) is 17.9 Å². The van der Waals surface area contributed by atoms with E-state index in [1.54, 1.807) is 18.3 Å². The Bertz CT molecular complexity index is 960. The summed E-state index contributed by atoms with van der Waals surface area (Å²) in [7, 11) is 0. The molecule has 9 heteroatoms. The first kappa shape index (κ1) is 18.5. The van der Waals surface area contributed by atoms with E-state index in [9.17, 15) is 22.8 Å². The Morgan fingerprint density at radius 1 is 1.32 bits per heavy atom. The summed E-state index contributed by atoms with van der Waals surface area (Å²) in [6, 6.07) is 3.65. The molecule has 28 heavy (non-hydrogen) atoms. The van der Waals surface area contributed by atoms with Crippen molar-refractivity contribution in [1.82, 2.24) is 14.9 Å². The average Bonchev–Trinajstić information content (AvgIpc) is 3.38. The second-order valence-corrected chi connectivity index (χ2v) is 7.17. The number of halogens is 3. The Morgan fingerprint density at radius 3 is 2.75 bits per heavy atom. The predicted molar refractivity (Wildman–Crippen MR) is 97.3 cm³/mol. The topological polar surface area (TPSA) is 78.1 Å². The third-order valence-electron chi connectivity index (χ3n) is 4.99. The van der Waals surface area contributed by atoms with Crippen molar-refractivity contribution in [3.05, 3.63) is 30.0 Å². The van der Waals surface area contributed by atoms with E-state index < -0.39 is 18.5 Å². The molecule has 0 radical (unpaired) electrons. The molecule has 2 aliphatic rings. The number of carbonyl (C=O) groups excluding carboxylic acids is 2. The molecular formula is C19H19F3N4O2. The fraction of sp³-hybridized carbons (Fsp3) is 0.421. The van der Waals surface area contributed by atoms with E-state index in [2.05, 4.69) is 15.3 Å². The van der Waals surface area contributed by atoms with Crippen molar-refractivity contribution in [3.8, 4) is 0 Å². The van der Waals surface area contributed by atoms with Crippen LogP contribution in [0, 0.1) is 5.92 Å². The first-order valence-corrected chi connectivity index (χ1v) is 9.13. The van der Waals surface area contributed by atoms with E-state index in [0.717, 1.165) is 29.4 Å². The average molecular weight is 392 g/mol. The number of nitrogens with zero attached hydrogens (tertiary/aromatic N) is 2. The van der Waals surface area contributed by atoms with Gasteiger partial charge in [-0.3, -0.25) is 9.59 Å². The lowest BCUT2D eigenvalue weighted by atomic mass is 9.97. The van der Waals surface area contributed by atoms with Crippen molar-refractivity contribution in [2.45, 2.75) is 31.9 Å². The zero-order valence-electron chi connectivity index (χ0n) is 15.0. The van der Waals surface area contributed by atoms with Gasteiger partial charge in [0.2, 0.25) is 11.8 Å². The number of nitrogens with one attached hydrogen (secondary N) is 2. The summed E-state index contributed by atoms with van der Waals surface area (Å²) < 4.78 is 37.3.